The van der Waals surface area contributed by atoms with E-state index in [2.05, 4.69) is 46.8 Å². The lowest BCUT2D eigenvalue weighted by Crippen LogP contribution is -2.23. The molecule has 0 saturated heterocycles. The van der Waals surface area contributed by atoms with Crippen LogP contribution in [-0.2, 0) is 0 Å². The largest absolute Gasteiger partial charge is 0.507 e. The van der Waals surface area contributed by atoms with Crippen LogP contribution in [0.2, 0.25) is 0 Å². The zero-order valence-corrected chi connectivity index (χ0v) is 13.5. The Bertz CT molecular complexity index is 404. The van der Waals surface area contributed by atoms with Gasteiger partial charge in [0.2, 0.25) is 0 Å². The molecule has 0 saturated carbocycles. The van der Waals surface area contributed by atoms with E-state index in [1.54, 1.807) is 0 Å². The van der Waals surface area contributed by atoms with Crippen molar-refractivity contribution in [3.63, 3.8) is 0 Å². The lowest BCUT2D eigenvalue weighted by molar-refractivity contribution is 0.339. The van der Waals surface area contributed by atoms with Gasteiger partial charge < -0.3 is 5.11 Å². The van der Waals surface area contributed by atoms with Gasteiger partial charge in [0.1, 0.15) is 5.75 Å². The minimum absolute atomic E-state index is 0.202. The average molecular weight is 266 g/mol. The molecule has 102 valence electrons. The Hall–Kier alpha value is -0.630. The highest BCUT2D eigenvalue weighted by atomic mass is 32.2. The number of phenols is 1. The normalized spacial score (nSPS) is 12.8. The van der Waals surface area contributed by atoms with E-state index in [0.29, 0.717) is 11.2 Å². The average Bonchev–Trinajstić information content (AvgIpc) is 2.08. The van der Waals surface area contributed by atoms with Crippen molar-refractivity contribution in [3.8, 4) is 5.75 Å². The van der Waals surface area contributed by atoms with Gasteiger partial charge in [0.15, 0.2) is 0 Å². The van der Waals surface area contributed by atoms with E-state index in [1.165, 1.54) is 4.90 Å². The number of benzene rings is 1. The van der Waals surface area contributed by atoms with Gasteiger partial charge in [-0.2, -0.15) is 0 Å². The van der Waals surface area contributed by atoms with Gasteiger partial charge in [-0.25, -0.2) is 0 Å². The zero-order valence-electron chi connectivity index (χ0n) is 12.7. The molecule has 18 heavy (non-hydrogen) atoms. The van der Waals surface area contributed by atoms with E-state index in [9.17, 15) is 5.11 Å². The molecule has 0 aliphatic heterocycles. The SMILES string of the molecule is Cc1cc(SC(C)(C)CC(C)(C)C)cc(C)c1O. The first kappa shape index (κ1) is 15.4. The third-order valence-electron chi connectivity index (χ3n) is 2.81. The van der Waals surface area contributed by atoms with Crippen LogP contribution in [0.5, 0.6) is 5.75 Å². The van der Waals surface area contributed by atoms with Crippen molar-refractivity contribution >= 4 is 11.8 Å². The predicted molar refractivity (Wildman–Crippen MR) is 81.6 cm³/mol. The monoisotopic (exact) mass is 266 g/mol. The number of hydrogen-bond donors (Lipinski definition) is 1. The molecule has 1 aromatic rings. The summed E-state index contributed by atoms with van der Waals surface area (Å²) >= 11 is 1.90. The molecule has 1 nitrogen and oxygen atoms in total. The van der Waals surface area contributed by atoms with Crippen molar-refractivity contribution in [1.82, 2.24) is 0 Å². The molecule has 1 rings (SSSR count). The molecule has 0 unspecified atom stereocenters. The summed E-state index contributed by atoms with van der Waals surface area (Å²) in [5.41, 5.74) is 2.26. The molecular formula is C16H26OS. The van der Waals surface area contributed by atoms with Gasteiger partial charge in [-0.3, -0.25) is 0 Å². The number of phenolic OH excluding ortho intramolecular Hbond substituents is 1. The van der Waals surface area contributed by atoms with E-state index in [-0.39, 0.29) is 4.75 Å². The van der Waals surface area contributed by atoms with Crippen LogP contribution in [0.15, 0.2) is 17.0 Å². The highest BCUT2D eigenvalue weighted by molar-refractivity contribution is 8.00. The minimum atomic E-state index is 0.202. The second-order valence-electron chi connectivity index (χ2n) is 7.00. The zero-order chi connectivity index (χ0) is 14.1. The fraction of sp³-hybridized carbons (Fsp3) is 0.625. The Balaban J connectivity index is 2.91. The number of thioether (sulfide) groups is 1. The lowest BCUT2D eigenvalue weighted by Gasteiger charge is -2.32. The van der Waals surface area contributed by atoms with Crippen molar-refractivity contribution < 1.29 is 5.11 Å². The lowest BCUT2D eigenvalue weighted by atomic mass is 9.86. The van der Waals surface area contributed by atoms with Crippen molar-refractivity contribution in [3.05, 3.63) is 23.3 Å². The summed E-state index contributed by atoms with van der Waals surface area (Å²) in [6.45, 7) is 15.3. The number of rotatable bonds is 3. The summed E-state index contributed by atoms with van der Waals surface area (Å²) in [5, 5.41) is 9.81. The first-order valence-corrected chi connectivity index (χ1v) is 7.31. The molecule has 0 bridgehead atoms. The molecule has 2 heteroatoms. The molecule has 0 aromatic heterocycles. The van der Waals surface area contributed by atoms with Crippen molar-refractivity contribution in [1.29, 1.82) is 0 Å². The third-order valence-corrected chi connectivity index (χ3v) is 3.98. The second kappa shape index (κ2) is 5.16. The maximum atomic E-state index is 9.81. The van der Waals surface area contributed by atoms with Crippen LogP contribution < -0.4 is 0 Å². The number of aromatic hydroxyl groups is 1. The first-order chi connectivity index (χ1) is 8.00. The summed E-state index contributed by atoms with van der Waals surface area (Å²) in [5.74, 6) is 0.424. The molecular weight excluding hydrogens is 240 g/mol. The molecule has 0 radical (unpaired) electrons. The summed E-state index contributed by atoms with van der Waals surface area (Å²) in [4.78, 5) is 1.25. The Morgan fingerprint density at radius 3 is 1.83 bits per heavy atom. The fourth-order valence-electron chi connectivity index (χ4n) is 2.61. The fourth-order valence-corrected chi connectivity index (χ4v) is 4.22. The molecule has 0 atom stereocenters. The smallest absolute Gasteiger partial charge is 0.121 e. The predicted octanol–water partition coefficient (Wildman–Crippen LogP) is 5.32. The van der Waals surface area contributed by atoms with Crippen molar-refractivity contribution in [2.45, 2.75) is 64.5 Å². The Morgan fingerprint density at radius 2 is 1.44 bits per heavy atom. The molecule has 1 N–H and O–H groups in total. The van der Waals surface area contributed by atoms with Crippen LogP contribution in [0.25, 0.3) is 0 Å². The second-order valence-corrected chi connectivity index (χ2v) is 8.79. The maximum Gasteiger partial charge on any atom is 0.121 e. The molecule has 0 aliphatic carbocycles. The van der Waals surface area contributed by atoms with Gasteiger partial charge >= 0.3 is 0 Å². The minimum Gasteiger partial charge on any atom is -0.507 e. The van der Waals surface area contributed by atoms with Crippen LogP contribution in [0.4, 0.5) is 0 Å². The molecule has 0 amide bonds. The van der Waals surface area contributed by atoms with E-state index < -0.39 is 0 Å². The molecule has 0 aliphatic rings. The van der Waals surface area contributed by atoms with Gasteiger partial charge in [0, 0.05) is 9.64 Å². The standard InChI is InChI=1S/C16H26OS/c1-11-8-13(9-12(2)14(11)17)18-16(6,7)10-15(3,4)5/h8-9,17H,10H2,1-7H3. The summed E-state index contributed by atoms with van der Waals surface area (Å²) in [6.07, 6.45) is 1.16. The van der Waals surface area contributed by atoms with E-state index in [4.69, 9.17) is 0 Å². The van der Waals surface area contributed by atoms with E-state index >= 15 is 0 Å². The molecule has 0 spiro atoms. The van der Waals surface area contributed by atoms with Crippen LogP contribution >= 0.6 is 11.8 Å². The first-order valence-electron chi connectivity index (χ1n) is 6.49. The third kappa shape index (κ3) is 4.56. The topological polar surface area (TPSA) is 20.2 Å². The Kier molecular flexibility index (Phi) is 4.42. The number of hydrogen-bond acceptors (Lipinski definition) is 2. The van der Waals surface area contributed by atoms with Crippen molar-refractivity contribution in [2.24, 2.45) is 5.41 Å². The van der Waals surface area contributed by atoms with Gasteiger partial charge in [0.25, 0.3) is 0 Å². The molecule has 0 heterocycles. The van der Waals surface area contributed by atoms with Crippen LogP contribution in [0.1, 0.15) is 52.2 Å². The van der Waals surface area contributed by atoms with Crippen LogP contribution in [-0.4, -0.2) is 9.85 Å². The van der Waals surface area contributed by atoms with Crippen molar-refractivity contribution in [2.75, 3.05) is 0 Å². The Labute approximate surface area is 116 Å². The van der Waals surface area contributed by atoms with Gasteiger partial charge in [-0.1, -0.05) is 34.6 Å². The summed E-state index contributed by atoms with van der Waals surface area (Å²) in [7, 11) is 0. The van der Waals surface area contributed by atoms with Gasteiger partial charge in [-0.15, -0.1) is 11.8 Å². The quantitative estimate of drug-likeness (QED) is 0.748. The van der Waals surface area contributed by atoms with Gasteiger partial charge in [-0.05, 0) is 48.9 Å². The maximum absolute atomic E-state index is 9.81. The number of aryl methyl sites for hydroxylation is 2. The van der Waals surface area contributed by atoms with E-state index in [1.807, 2.05) is 25.6 Å². The summed E-state index contributed by atoms with van der Waals surface area (Å²) in [6, 6.07) is 4.16. The van der Waals surface area contributed by atoms with Crippen LogP contribution in [0.3, 0.4) is 0 Å². The van der Waals surface area contributed by atoms with Gasteiger partial charge in [0.05, 0.1) is 0 Å². The highest BCUT2D eigenvalue weighted by Crippen LogP contribution is 2.42. The molecule has 0 fully saturated rings. The molecule has 1 aromatic carbocycles. The highest BCUT2D eigenvalue weighted by Gasteiger charge is 2.26. The van der Waals surface area contributed by atoms with Crippen LogP contribution in [0, 0.1) is 19.3 Å². The summed E-state index contributed by atoms with van der Waals surface area (Å²) < 4.78 is 0.202. The van der Waals surface area contributed by atoms with E-state index in [0.717, 1.165) is 17.5 Å². The Morgan fingerprint density at radius 1 is 1.00 bits per heavy atom.